The summed E-state index contributed by atoms with van der Waals surface area (Å²) in [6.07, 6.45) is 0. The fourth-order valence-corrected chi connectivity index (χ4v) is 1.71. The zero-order chi connectivity index (χ0) is 21.1. The first-order chi connectivity index (χ1) is 12.5. The van der Waals surface area contributed by atoms with Crippen LogP contribution >= 0.6 is 0 Å². The van der Waals surface area contributed by atoms with Crippen LogP contribution in [-0.2, 0) is 30.5 Å². The van der Waals surface area contributed by atoms with Gasteiger partial charge in [-0.1, -0.05) is 58.0 Å². The summed E-state index contributed by atoms with van der Waals surface area (Å²) in [4.78, 5) is 42.7. The summed E-state index contributed by atoms with van der Waals surface area (Å²) in [5, 5.41) is 25.5. The van der Waals surface area contributed by atoms with Gasteiger partial charge >= 0.3 is 23.9 Å². The maximum absolute atomic E-state index is 11.6. The number of rotatable bonds is 8. The Morgan fingerprint density at radius 1 is 0.741 bits per heavy atom. The van der Waals surface area contributed by atoms with Crippen LogP contribution in [0.1, 0.15) is 33.3 Å². The average Bonchev–Trinajstić information content (AvgIpc) is 2.64. The van der Waals surface area contributed by atoms with E-state index in [9.17, 15) is 19.2 Å². The van der Waals surface area contributed by atoms with Crippen molar-refractivity contribution in [2.24, 2.45) is 23.7 Å². The summed E-state index contributed by atoms with van der Waals surface area (Å²) in [5.74, 6) is -6.65. The first kappa shape index (κ1) is 24.1. The second kappa shape index (κ2) is 11.7. The molecule has 8 nitrogen and oxygen atoms in total. The summed E-state index contributed by atoms with van der Waals surface area (Å²) in [6.45, 7) is 5.99. The lowest BCUT2D eigenvalue weighted by Gasteiger charge is -2.14. The van der Waals surface area contributed by atoms with Gasteiger partial charge in [-0.25, -0.2) is 0 Å². The molecule has 4 atom stereocenters. The highest BCUT2D eigenvalue weighted by atomic mass is 16.5. The molecule has 0 aliphatic carbocycles. The molecule has 3 N–H and O–H groups in total. The maximum Gasteiger partial charge on any atom is 0.309 e. The van der Waals surface area contributed by atoms with E-state index in [1.54, 1.807) is 6.92 Å². The minimum atomic E-state index is -1.07. The van der Waals surface area contributed by atoms with Gasteiger partial charge in [-0.3, -0.25) is 19.2 Å². The Bertz CT molecular complexity index is 622. The van der Waals surface area contributed by atoms with E-state index in [1.165, 1.54) is 20.8 Å². The van der Waals surface area contributed by atoms with Crippen LogP contribution in [0.3, 0.4) is 0 Å². The van der Waals surface area contributed by atoms with E-state index in [-0.39, 0.29) is 6.61 Å². The van der Waals surface area contributed by atoms with Crippen molar-refractivity contribution in [3.63, 3.8) is 0 Å². The molecule has 0 aromatic heterocycles. The molecule has 1 aromatic carbocycles. The van der Waals surface area contributed by atoms with Crippen LogP contribution in [0.4, 0.5) is 0 Å². The summed E-state index contributed by atoms with van der Waals surface area (Å²) >= 11 is 0. The van der Waals surface area contributed by atoms with Crippen molar-refractivity contribution in [2.45, 2.75) is 34.3 Å². The Balaban J connectivity index is 0.000000580. The van der Waals surface area contributed by atoms with E-state index in [2.05, 4.69) is 0 Å². The third-order valence-corrected chi connectivity index (χ3v) is 4.26. The van der Waals surface area contributed by atoms with Gasteiger partial charge in [0.25, 0.3) is 0 Å². The molecule has 150 valence electrons. The van der Waals surface area contributed by atoms with Gasteiger partial charge < -0.3 is 20.1 Å². The maximum atomic E-state index is 11.6. The van der Waals surface area contributed by atoms with Gasteiger partial charge in [0, 0.05) is 0 Å². The normalized spacial score (nSPS) is 14.5. The third-order valence-electron chi connectivity index (χ3n) is 4.26. The van der Waals surface area contributed by atoms with Crippen LogP contribution in [0.25, 0.3) is 0 Å². The van der Waals surface area contributed by atoms with Gasteiger partial charge in [-0.15, -0.1) is 0 Å². The topological polar surface area (TPSA) is 138 Å². The molecule has 0 spiro atoms. The summed E-state index contributed by atoms with van der Waals surface area (Å²) < 4.78 is 5.06. The van der Waals surface area contributed by atoms with Crippen LogP contribution in [0.5, 0.6) is 0 Å². The van der Waals surface area contributed by atoms with Crippen molar-refractivity contribution in [3.05, 3.63) is 35.9 Å². The highest BCUT2D eigenvalue weighted by molar-refractivity contribution is 5.80. The molecular formula is C19H26O8. The zero-order valence-electron chi connectivity index (χ0n) is 15.8. The van der Waals surface area contributed by atoms with Crippen LogP contribution in [0.2, 0.25) is 0 Å². The number of hydrogen-bond acceptors (Lipinski definition) is 5. The number of carboxylic acid groups (broad SMARTS) is 3. The molecule has 0 bridgehead atoms. The first-order valence-corrected chi connectivity index (χ1v) is 8.38. The number of carbonyl (C=O) groups excluding carboxylic acids is 1. The molecule has 0 amide bonds. The van der Waals surface area contributed by atoms with Gasteiger partial charge in [-0.05, 0) is 5.56 Å². The molecule has 1 rings (SSSR count). The number of carboxylic acids is 3. The number of carbonyl (C=O) groups is 4. The van der Waals surface area contributed by atoms with Gasteiger partial charge in [0.15, 0.2) is 0 Å². The zero-order valence-corrected chi connectivity index (χ0v) is 15.8. The molecule has 0 saturated carbocycles. The van der Waals surface area contributed by atoms with Crippen LogP contribution < -0.4 is 0 Å². The number of esters is 1. The highest BCUT2D eigenvalue weighted by Crippen LogP contribution is 2.14. The Morgan fingerprint density at radius 3 is 1.48 bits per heavy atom. The van der Waals surface area contributed by atoms with Crippen LogP contribution in [0.15, 0.2) is 30.3 Å². The predicted molar refractivity (Wildman–Crippen MR) is 95.8 cm³/mol. The largest absolute Gasteiger partial charge is 0.481 e. The lowest BCUT2D eigenvalue weighted by atomic mass is 9.96. The fraction of sp³-hybridized carbons (Fsp3) is 0.474. The molecule has 0 aliphatic heterocycles. The van der Waals surface area contributed by atoms with Gasteiger partial charge in [0.2, 0.25) is 0 Å². The quantitative estimate of drug-likeness (QED) is 0.583. The molecule has 8 heteroatoms. The van der Waals surface area contributed by atoms with Gasteiger partial charge in [-0.2, -0.15) is 0 Å². The Morgan fingerprint density at radius 2 is 1.11 bits per heavy atom. The van der Waals surface area contributed by atoms with Crippen molar-refractivity contribution in [1.82, 2.24) is 0 Å². The monoisotopic (exact) mass is 382 g/mol. The van der Waals surface area contributed by atoms with Crippen molar-refractivity contribution in [3.8, 4) is 0 Å². The molecule has 27 heavy (non-hydrogen) atoms. The van der Waals surface area contributed by atoms with E-state index in [0.29, 0.717) is 0 Å². The summed E-state index contributed by atoms with van der Waals surface area (Å²) in [6, 6.07) is 9.27. The van der Waals surface area contributed by atoms with Crippen LogP contribution in [-0.4, -0.2) is 39.2 Å². The minimum Gasteiger partial charge on any atom is -0.481 e. The third kappa shape index (κ3) is 8.84. The molecule has 0 fully saturated rings. The lowest BCUT2D eigenvalue weighted by molar-refractivity contribution is -0.157. The van der Waals surface area contributed by atoms with Crippen LogP contribution in [0, 0.1) is 23.7 Å². The Kier molecular flexibility index (Phi) is 10.4. The number of hydrogen-bond donors (Lipinski definition) is 3. The standard InChI is InChI=1S/C13H16O4.C6H10O4/c1-9(12(14)15)10(2)13(16)17-8-11-6-4-3-5-7-11;1-3(5(7)8)4(2)6(9)10/h3-7,9-10H,8H2,1-2H3,(H,14,15);3-4H,1-2H3,(H,7,8)(H,9,10). The van der Waals surface area contributed by atoms with Crippen molar-refractivity contribution >= 4 is 23.9 Å². The molecular weight excluding hydrogens is 356 g/mol. The van der Waals surface area contributed by atoms with Crippen molar-refractivity contribution in [1.29, 1.82) is 0 Å². The fourth-order valence-electron chi connectivity index (χ4n) is 1.71. The smallest absolute Gasteiger partial charge is 0.309 e. The summed E-state index contributed by atoms with van der Waals surface area (Å²) in [5.41, 5.74) is 0.885. The van der Waals surface area contributed by atoms with E-state index in [4.69, 9.17) is 20.1 Å². The number of aliphatic carboxylic acids is 3. The van der Waals surface area contributed by atoms with E-state index in [1.807, 2.05) is 30.3 Å². The molecule has 1 aromatic rings. The van der Waals surface area contributed by atoms with Crippen molar-refractivity contribution in [2.75, 3.05) is 0 Å². The highest BCUT2D eigenvalue weighted by Gasteiger charge is 2.27. The van der Waals surface area contributed by atoms with E-state index >= 15 is 0 Å². The SMILES string of the molecule is CC(C(=O)O)C(C)C(=O)O.CC(C(=O)O)C(C)C(=O)OCc1ccccc1. The van der Waals surface area contributed by atoms with Gasteiger partial charge in [0.1, 0.15) is 6.61 Å². The molecule has 0 heterocycles. The molecule has 0 saturated heterocycles. The second-order valence-electron chi connectivity index (χ2n) is 6.26. The van der Waals surface area contributed by atoms with Crippen molar-refractivity contribution < 1.29 is 39.2 Å². The number of benzene rings is 1. The molecule has 0 aliphatic rings. The molecule has 4 unspecified atom stereocenters. The minimum absolute atomic E-state index is 0.177. The summed E-state index contributed by atoms with van der Waals surface area (Å²) in [7, 11) is 0. The molecule has 0 radical (unpaired) electrons. The number of ether oxygens (including phenoxy) is 1. The Labute approximate surface area is 157 Å². The lowest BCUT2D eigenvalue weighted by Crippen LogP contribution is -2.26. The second-order valence-corrected chi connectivity index (χ2v) is 6.26. The average molecular weight is 382 g/mol. The Hall–Kier alpha value is -2.90. The predicted octanol–water partition coefficient (Wildman–Crippen LogP) is 2.51. The van der Waals surface area contributed by atoms with Gasteiger partial charge in [0.05, 0.1) is 23.7 Å². The first-order valence-electron chi connectivity index (χ1n) is 8.38. The van der Waals surface area contributed by atoms with E-state index < -0.39 is 47.5 Å². The van der Waals surface area contributed by atoms with E-state index in [0.717, 1.165) is 5.56 Å².